The summed E-state index contributed by atoms with van der Waals surface area (Å²) in [7, 11) is 0. The van der Waals surface area contributed by atoms with Gasteiger partial charge in [0.15, 0.2) is 0 Å². The van der Waals surface area contributed by atoms with Crippen LogP contribution in [0.3, 0.4) is 0 Å². The summed E-state index contributed by atoms with van der Waals surface area (Å²) < 4.78 is 5.12. The van der Waals surface area contributed by atoms with Gasteiger partial charge in [-0.25, -0.2) is 4.99 Å². The van der Waals surface area contributed by atoms with Gasteiger partial charge >= 0.3 is 0 Å². The molecule has 2 atom stereocenters. The monoisotopic (exact) mass is 753 g/mol. The van der Waals surface area contributed by atoms with Gasteiger partial charge in [0.05, 0.1) is 0 Å². The SMILES string of the molecule is c1ccc(-c2cc(-c3ccccc3)cc(C3N=C(c4cccc5c4sc4ccccc45)NC(c4ccc5c(c4)sc4c(-c6ccccc6)cccc45)N3)c2)cc1. The lowest BCUT2D eigenvalue weighted by atomic mass is 9.94. The summed E-state index contributed by atoms with van der Waals surface area (Å²) >= 11 is 3.71. The molecule has 0 saturated heterocycles. The molecule has 2 aromatic heterocycles. The van der Waals surface area contributed by atoms with Crippen LogP contribution >= 0.6 is 22.7 Å². The number of amidine groups is 1. The number of fused-ring (bicyclic) bond motifs is 6. The maximum absolute atomic E-state index is 5.53. The fraction of sp³-hybridized carbons (Fsp3) is 0.0392. The van der Waals surface area contributed by atoms with E-state index in [1.54, 1.807) is 0 Å². The van der Waals surface area contributed by atoms with Crippen LogP contribution in [0.4, 0.5) is 0 Å². The average molecular weight is 754 g/mol. The molecule has 5 heteroatoms. The second kappa shape index (κ2) is 13.7. The van der Waals surface area contributed by atoms with Gasteiger partial charge in [-0.05, 0) is 80.9 Å². The molecule has 56 heavy (non-hydrogen) atoms. The van der Waals surface area contributed by atoms with Crippen molar-refractivity contribution in [2.75, 3.05) is 0 Å². The molecule has 10 aromatic rings. The first-order chi connectivity index (χ1) is 27.7. The molecule has 2 unspecified atom stereocenters. The van der Waals surface area contributed by atoms with E-state index in [9.17, 15) is 0 Å². The van der Waals surface area contributed by atoms with Gasteiger partial charge < -0.3 is 5.32 Å². The second-order valence-electron chi connectivity index (χ2n) is 14.4. The van der Waals surface area contributed by atoms with Gasteiger partial charge in [-0.2, -0.15) is 0 Å². The molecule has 1 aliphatic rings. The van der Waals surface area contributed by atoms with Crippen LogP contribution in [-0.2, 0) is 0 Å². The highest BCUT2D eigenvalue weighted by Gasteiger charge is 2.28. The van der Waals surface area contributed by atoms with Crippen LogP contribution in [0, 0.1) is 0 Å². The Morgan fingerprint density at radius 3 is 1.64 bits per heavy atom. The average Bonchev–Trinajstić information content (AvgIpc) is 3.85. The molecule has 11 rings (SSSR count). The molecule has 3 nitrogen and oxygen atoms in total. The van der Waals surface area contributed by atoms with Crippen molar-refractivity contribution in [3.05, 3.63) is 205 Å². The number of thiophene rings is 2. The van der Waals surface area contributed by atoms with Gasteiger partial charge in [0, 0.05) is 45.9 Å². The molecule has 0 radical (unpaired) electrons. The van der Waals surface area contributed by atoms with Crippen molar-refractivity contribution in [1.82, 2.24) is 10.6 Å². The quantitative estimate of drug-likeness (QED) is 0.177. The van der Waals surface area contributed by atoms with E-state index in [4.69, 9.17) is 4.99 Å². The molecule has 0 aliphatic carbocycles. The van der Waals surface area contributed by atoms with Crippen LogP contribution < -0.4 is 10.6 Å². The van der Waals surface area contributed by atoms with Crippen molar-refractivity contribution in [3.8, 4) is 33.4 Å². The molecule has 0 spiro atoms. The Labute approximate surface area is 333 Å². The zero-order chi connectivity index (χ0) is 37.0. The van der Waals surface area contributed by atoms with Crippen molar-refractivity contribution in [2.45, 2.75) is 12.3 Å². The lowest BCUT2D eigenvalue weighted by molar-refractivity contribution is 0.409. The molecule has 8 aromatic carbocycles. The summed E-state index contributed by atoms with van der Waals surface area (Å²) in [4.78, 5) is 5.53. The van der Waals surface area contributed by atoms with Crippen LogP contribution in [0.1, 0.15) is 29.0 Å². The number of hydrogen-bond acceptors (Lipinski definition) is 5. The van der Waals surface area contributed by atoms with E-state index in [1.165, 1.54) is 79.3 Å². The summed E-state index contributed by atoms with van der Waals surface area (Å²) in [5.41, 5.74) is 10.6. The van der Waals surface area contributed by atoms with Crippen LogP contribution in [0.15, 0.2) is 193 Å². The summed E-state index contributed by atoms with van der Waals surface area (Å²) in [6.07, 6.45) is -0.504. The normalized spacial score (nSPS) is 15.7. The summed E-state index contributed by atoms with van der Waals surface area (Å²) in [6, 6.07) is 68.0. The standard InChI is InChI=1S/C51H35N3S2/c1-4-14-32(15-5-1)36-28-37(33-16-6-2-7-17-33)30-38(29-36)50-52-49(53-51(54-50)44-24-13-23-42-40-20-10-11-25-45(40)55-48(42)44)35-26-27-41-43-22-12-21-39(34-18-8-3-9-19-34)47(43)56-46(41)31-35/h1-31,49-50,52H,(H,53,54). The van der Waals surface area contributed by atoms with Crippen LogP contribution in [0.2, 0.25) is 0 Å². The smallest absolute Gasteiger partial charge is 0.133 e. The molecular formula is C51H35N3S2. The van der Waals surface area contributed by atoms with Crippen molar-refractivity contribution < 1.29 is 0 Å². The highest BCUT2D eigenvalue weighted by Crippen LogP contribution is 2.42. The van der Waals surface area contributed by atoms with Crippen molar-refractivity contribution in [1.29, 1.82) is 0 Å². The maximum Gasteiger partial charge on any atom is 0.133 e. The minimum Gasteiger partial charge on any atom is -0.350 e. The Morgan fingerprint density at radius 1 is 0.393 bits per heavy atom. The highest BCUT2D eigenvalue weighted by molar-refractivity contribution is 7.26. The zero-order valence-corrected chi connectivity index (χ0v) is 31.9. The lowest BCUT2D eigenvalue weighted by Crippen LogP contribution is -2.45. The predicted molar refractivity (Wildman–Crippen MR) is 240 cm³/mol. The third-order valence-corrected chi connectivity index (χ3v) is 13.4. The van der Waals surface area contributed by atoms with E-state index in [0.717, 1.165) is 17.0 Å². The Hall–Kier alpha value is -6.37. The lowest BCUT2D eigenvalue weighted by Gasteiger charge is -2.32. The van der Waals surface area contributed by atoms with Gasteiger partial charge in [0.1, 0.15) is 18.2 Å². The van der Waals surface area contributed by atoms with Crippen LogP contribution in [-0.4, -0.2) is 5.84 Å². The van der Waals surface area contributed by atoms with Gasteiger partial charge in [0.25, 0.3) is 0 Å². The van der Waals surface area contributed by atoms with E-state index >= 15 is 0 Å². The third-order valence-electron chi connectivity index (χ3n) is 10.9. The van der Waals surface area contributed by atoms with E-state index in [2.05, 4.69) is 199 Å². The van der Waals surface area contributed by atoms with Crippen molar-refractivity contribution >= 4 is 68.9 Å². The molecule has 1 aliphatic heterocycles. The molecule has 2 N–H and O–H groups in total. The first-order valence-corrected chi connectivity index (χ1v) is 20.6. The minimum atomic E-state index is -0.310. The van der Waals surface area contributed by atoms with Gasteiger partial charge in [-0.1, -0.05) is 152 Å². The summed E-state index contributed by atoms with van der Waals surface area (Å²) in [5, 5.41) is 13.0. The van der Waals surface area contributed by atoms with E-state index in [0.29, 0.717) is 0 Å². The van der Waals surface area contributed by atoms with Crippen molar-refractivity contribution in [2.24, 2.45) is 4.99 Å². The molecule has 266 valence electrons. The molecule has 0 bridgehead atoms. The number of nitrogens with zero attached hydrogens (tertiary/aromatic N) is 1. The van der Waals surface area contributed by atoms with Crippen molar-refractivity contribution in [3.63, 3.8) is 0 Å². The van der Waals surface area contributed by atoms with E-state index in [-0.39, 0.29) is 12.3 Å². The number of rotatable bonds is 6. The summed E-state index contributed by atoms with van der Waals surface area (Å²) in [6.45, 7) is 0. The Balaban J connectivity index is 1.08. The number of benzene rings is 8. The van der Waals surface area contributed by atoms with Crippen LogP contribution in [0.25, 0.3) is 73.7 Å². The topological polar surface area (TPSA) is 36.4 Å². The maximum atomic E-state index is 5.53. The Morgan fingerprint density at radius 2 is 0.946 bits per heavy atom. The Bertz CT molecular complexity index is 3030. The van der Waals surface area contributed by atoms with Gasteiger partial charge in [-0.3, -0.25) is 5.32 Å². The molecule has 0 saturated carbocycles. The number of aliphatic imine (C=N–C) groups is 1. The fourth-order valence-corrected chi connectivity index (χ4v) is 10.7. The van der Waals surface area contributed by atoms with Gasteiger partial charge in [0.2, 0.25) is 0 Å². The second-order valence-corrected chi connectivity index (χ2v) is 16.5. The van der Waals surface area contributed by atoms with Gasteiger partial charge in [-0.15, -0.1) is 22.7 Å². The fourth-order valence-electron chi connectivity index (χ4n) is 8.21. The molecule has 0 fully saturated rings. The summed E-state index contributed by atoms with van der Waals surface area (Å²) in [5.74, 6) is 0.894. The molecular weight excluding hydrogens is 719 g/mol. The molecule has 0 amide bonds. The molecule has 3 heterocycles. The number of nitrogens with one attached hydrogen (secondary N) is 2. The minimum absolute atomic E-state index is 0.194. The number of hydrogen-bond donors (Lipinski definition) is 2. The van der Waals surface area contributed by atoms with Crippen LogP contribution in [0.5, 0.6) is 0 Å². The first-order valence-electron chi connectivity index (χ1n) is 19.0. The largest absolute Gasteiger partial charge is 0.350 e. The highest BCUT2D eigenvalue weighted by atomic mass is 32.1. The third kappa shape index (κ3) is 5.80. The van der Waals surface area contributed by atoms with E-state index < -0.39 is 0 Å². The zero-order valence-electron chi connectivity index (χ0n) is 30.3. The van der Waals surface area contributed by atoms with E-state index in [1.807, 2.05) is 22.7 Å². The Kier molecular flexibility index (Phi) is 8.09. The first kappa shape index (κ1) is 33.0. The predicted octanol–water partition coefficient (Wildman–Crippen LogP) is 13.8.